The first kappa shape index (κ1) is 14.5. The minimum absolute atomic E-state index is 0.0417. The van der Waals surface area contributed by atoms with Gasteiger partial charge in [0.2, 0.25) is 0 Å². The zero-order chi connectivity index (χ0) is 14.8. The zero-order valence-corrected chi connectivity index (χ0v) is 10.7. The molecule has 0 spiro atoms. The highest BCUT2D eigenvalue weighted by atomic mass is 19.4. The van der Waals surface area contributed by atoms with Crippen LogP contribution < -0.4 is 5.32 Å². The van der Waals surface area contributed by atoms with E-state index in [4.69, 9.17) is 0 Å². The summed E-state index contributed by atoms with van der Waals surface area (Å²) in [6.45, 7) is 0.395. The molecule has 0 aliphatic rings. The Morgan fingerprint density at radius 1 is 1.15 bits per heavy atom. The van der Waals surface area contributed by atoms with Crippen LogP contribution >= 0.6 is 0 Å². The zero-order valence-electron chi connectivity index (χ0n) is 10.7. The third-order valence-corrected chi connectivity index (χ3v) is 2.73. The van der Waals surface area contributed by atoms with E-state index in [2.05, 4.69) is 10.4 Å². The van der Waals surface area contributed by atoms with Crippen LogP contribution in [0.5, 0.6) is 0 Å². The summed E-state index contributed by atoms with van der Waals surface area (Å²) < 4.78 is 52.0. The fourth-order valence-corrected chi connectivity index (χ4v) is 1.85. The van der Waals surface area contributed by atoms with Crippen molar-refractivity contribution in [3.05, 3.63) is 53.1 Å². The van der Waals surface area contributed by atoms with E-state index < -0.39 is 11.9 Å². The lowest BCUT2D eigenvalue weighted by molar-refractivity contribution is -0.142. The standard InChI is InChI=1S/C13H13F4N3/c1-20-8-10(12(19-20)13(15,16)17)7-18-6-9-2-4-11(14)5-3-9/h2-5,8,18H,6-7H2,1H3. The fraction of sp³-hybridized carbons (Fsp3) is 0.308. The summed E-state index contributed by atoms with van der Waals surface area (Å²) in [4.78, 5) is 0. The minimum Gasteiger partial charge on any atom is -0.308 e. The highest BCUT2D eigenvalue weighted by Crippen LogP contribution is 2.30. The molecular weight excluding hydrogens is 274 g/mol. The summed E-state index contributed by atoms with van der Waals surface area (Å²) in [5.41, 5.74) is -0.00225. The van der Waals surface area contributed by atoms with Crippen LogP contribution in [0.25, 0.3) is 0 Å². The SMILES string of the molecule is Cn1cc(CNCc2ccc(F)cc2)c(C(F)(F)F)n1. The monoisotopic (exact) mass is 287 g/mol. The second-order valence-electron chi connectivity index (χ2n) is 4.40. The van der Waals surface area contributed by atoms with Crippen molar-refractivity contribution in [2.45, 2.75) is 19.3 Å². The molecule has 2 rings (SSSR count). The van der Waals surface area contributed by atoms with E-state index in [-0.39, 0.29) is 17.9 Å². The molecule has 2 aromatic rings. The van der Waals surface area contributed by atoms with Crippen LogP contribution in [0.1, 0.15) is 16.8 Å². The lowest BCUT2D eigenvalue weighted by Gasteiger charge is -2.07. The van der Waals surface area contributed by atoms with Crippen molar-refractivity contribution in [3.8, 4) is 0 Å². The molecule has 1 N–H and O–H groups in total. The third kappa shape index (κ3) is 3.57. The van der Waals surface area contributed by atoms with Gasteiger partial charge in [-0.2, -0.15) is 18.3 Å². The number of rotatable bonds is 4. The molecule has 20 heavy (non-hydrogen) atoms. The Hall–Kier alpha value is -1.89. The maximum absolute atomic E-state index is 12.7. The van der Waals surface area contributed by atoms with Gasteiger partial charge in [0.15, 0.2) is 5.69 Å². The number of hydrogen-bond donors (Lipinski definition) is 1. The number of benzene rings is 1. The number of halogens is 4. The largest absolute Gasteiger partial charge is 0.435 e. The van der Waals surface area contributed by atoms with Crippen molar-refractivity contribution in [1.82, 2.24) is 15.1 Å². The van der Waals surface area contributed by atoms with Crippen molar-refractivity contribution in [3.63, 3.8) is 0 Å². The van der Waals surface area contributed by atoms with Crippen LogP contribution in [0, 0.1) is 5.82 Å². The molecule has 0 bridgehead atoms. The number of alkyl halides is 3. The molecule has 0 radical (unpaired) electrons. The van der Waals surface area contributed by atoms with Gasteiger partial charge < -0.3 is 5.32 Å². The van der Waals surface area contributed by atoms with E-state index in [1.54, 1.807) is 12.1 Å². The minimum atomic E-state index is -4.46. The van der Waals surface area contributed by atoms with Crippen LogP contribution in [0.15, 0.2) is 30.5 Å². The van der Waals surface area contributed by atoms with Gasteiger partial charge in [0.1, 0.15) is 5.82 Å². The van der Waals surface area contributed by atoms with E-state index in [0.717, 1.165) is 10.2 Å². The first-order chi connectivity index (χ1) is 9.36. The van der Waals surface area contributed by atoms with Crippen LogP contribution in [-0.4, -0.2) is 9.78 Å². The van der Waals surface area contributed by atoms with Gasteiger partial charge in [-0.25, -0.2) is 4.39 Å². The smallest absolute Gasteiger partial charge is 0.308 e. The molecular formula is C13H13F4N3. The Balaban J connectivity index is 1.99. The number of hydrogen-bond acceptors (Lipinski definition) is 2. The first-order valence-corrected chi connectivity index (χ1v) is 5.91. The molecule has 0 saturated heterocycles. The van der Waals surface area contributed by atoms with Gasteiger partial charge in [-0.05, 0) is 17.7 Å². The molecule has 0 unspecified atom stereocenters. The molecule has 108 valence electrons. The van der Waals surface area contributed by atoms with Crippen LogP contribution in [0.2, 0.25) is 0 Å². The number of aryl methyl sites for hydroxylation is 1. The molecule has 0 amide bonds. The van der Waals surface area contributed by atoms with Gasteiger partial charge >= 0.3 is 6.18 Å². The van der Waals surface area contributed by atoms with Gasteiger partial charge in [-0.15, -0.1) is 0 Å². The quantitative estimate of drug-likeness (QED) is 0.876. The topological polar surface area (TPSA) is 29.9 Å². The maximum atomic E-state index is 12.7. The maximum Gasteiger partial charge on any atom is 0.435 e. The second kappa shape index (κ2) is 5.62. The Morgan fingerprint density at radius 3 is 2.40 bits per heavy atom. The van der Waals surface area contributed by atoms with Gasteiger partial charge in [0, 0.05) is 31.9 Å². The summed E-state index contributed by atoms with van der Waals surface area (Å²) in [6.07, 6.45) is -3.13. The fourth-order valence-electron chi connectivity index (χ4n) is 1.85. The predicted octanol–water partition coefficient (Wildman–Crippen LogP) is 2.87. The molecule has 0 saturated carbocycles. The van der Waals surface area contributed by atoms with Crippen LogP contribution in [0.4, 0.5) is 17.6 Å². The average Bonchev–Trinajstić information content (AvgIpc) is 2.73. The molecule has 0 fully saturated rings. The highest BCUT2D eigenvalue weighted by Gasteiger charge is 2.36. The molecule has 3 nitrogen and oxygen atoms in total. The Kier molecular flexibility index (Phi) is 4.08. The van der Waals surface area contributed by atoms with E-state index in [1.807, 2.05) is 0 Å². The molecule has 1 aromatic carbocycles. The van der Waals surface area contributed by atoms with Gasteiger partial charge in [-0.1, -0.05) is 12.1 Å². The van der Waals surface area contributed by atoms with Crippen molar-refractivity contribution in [1.29, 1.82) is 0 Å². The number of aromatic nitrogens is 2. The van der Waals surface area contributed by atoms with Gasteiger partial charge in [0.25, 0.3) is 0 Å². The molecule has 0 aliphatic heterocycles. The lowest BCUT2D eigenvalue weighted by Crippen LogP contribution is -2.16. The predicted molar refractivity (Wildman–Crippen MR) is 65.2 cm³/mol. The Bertz CT molecular complexity index is 572. The lowest BCUT2D eigenvalue weighted by atomic mass is 10.2. The first-order valence-electron chi connectivity index (χ1n) is 5.91. The Labute approximate surface area is 113 Å². The molecule has 1 aromatic heterocycles. The summed E-state index contributed by atoms with van der Waals surface area (Å²) >= 11 is 0. The van der Waals surface area contributed by atoms with E-state index >= 15 is 0 Å². The summed E-state index contributed by atoms with van der Waals surface area (Å²) in [6, 6.07) is 5.77. The van der Waals surface area contributed by atoms with Crippen molar-refractivity contribution in [2.24, 2.45) is 7.05 Å². The highest BCUT2D eigenvalue weighted by molar-refractivity contribution is 5.20. The second-order valence-corrected chi connectivity index (χ2v) is 4.40. The van der Waals surface area contributed by atoms with Crippen LogP contribution in [-0.2, 0) is 26.3 Å². The molecule has 7 heteroatoms. The van der Waals surface area contributed by atoms with Gasteiger partial charge in [-0.3, -0.25) is 4.68 Å². The van der Waals surface area contributed by atoms with E-state index in [1.165, 1.54) is 25.4 Å². The van der Waals surface area contributed by atoms with E-state index in [0.29, 0.717) is 6.54 Å². The van der Waals surface area contributed by atoms with Crippen molar-refractivity contribution >= 4 is 0 Å². The van der Waals surface area contributed by atoms with E-state index in [9.17, 15) is 17.6 Å². The molecule has 0 atom stereocenters. The average molecular weight is 287 g/mol. The van der Waals surface area contributed by atoms with Crippen molar-refractivity contribution in [2.75, 3.05) is 0 Å². The summed E-state index contributed by atoms with van der Waals surface area (Å²) in [5, 5.41) is 6.31. The summed E-state index contributed by atoms with van der Waals surface area (Å²) in [5.74, 6) is -0.347. The number of nitrogens with zero attached hydrogens (tertiary/aromatic N) is 2. The summed E-state index contributed by atoms with van der Waals surface area (Å²) in [7, 11) is 1.44. The Morgan fingerprint density at radius 2 is 1.80 bits per heavy atom. The van der Waals surface area contributed by atoms with Gasteiger partial charge in [0.05, 0.1) is 0 Å². The van der Waals surface area contributed by atoms with Crippen molar-refractivity contribution < 1.29 is 17.6 Å². The normalized spacial score (nSPS) is 11.8. The molecule has 1 heterocycles. The third-order valence-electron chi connectivity index (χ3n) is 2.73. The molecule has 0 aliphatic carbocycles. The number of nitrogens with one attached hydrogen (secondary N) is 1. The van der Waals surface area contributed by atoms with Crippen LogP contribution in [0.3, 0.4) is 0 Å².